The van der Waals surface area contributed by atoms with Crippen LogP contribution >= 0.6 is 11.6 Å². The molecule has 0 aliphatic carbocycles. The number of aromatic amines is 1. The molecule has 30 heavy (non-hydrogen) atoms. The molecule has 1 amide bonds. The quantitative estimate of drug-likeness (QED) is 0.368. The molecule has 0 saturated carbocycles. The second-order valence-electron chi connectivity index (χ2n) is 7.01. The first-order valence-corrected chi connectivity index (χ1v) is 9.97. The Balaban J connectivity index is 2.37. The van der Waals surface area contributed by atoms with Gasteiger partial charge in [-0.25, -0.2) is 4.79 Å². The zero-order chi connectivity index (χ0) is 22.4. The fraction of sp³-hybridized carbons (Fsp3) is 0.409. The number of benzene rings is 1. The molecule has 2 aromatic rings. The number of hydrogen-bond donors (Lipinski definition) is 1. The largest absolute Gasteiger partial charge is 0.464 e. The predicted molar refractivity (Wildman–Crippen MR) is 114 cm³/mol. The van der Waals surface area contributed by atoms with Gasteiger partial charge in [0.05, 0.1) is 13.2 Å². The molecule has 0 bridgehead atoms. The van der Waals surface area contributed by atoms with Gasteiger partial charge in [-0.15, -0.1) is 0 Å². The van der Waals surface area contributed by atoms with Crippen molar-refractivity contribution < 1.29 is 23.9 Å². The van der Waals surface area contributed by atoms with Crippen molar-refractivity contribution >= 4 is 29.3 Å². The third-order valence-corrected chi connectivity index (χ3v) is 5.27. The second kappa shape index (κ2) is 10.4. The number of rotatable bonds is 9. The number of carbonyl (C=O) groups excluding carboxylic acids is 3. The van der Waals surface area contributed by atoms with E-state index in [4.69, 9.17) is 21.1 Å². The highest BCUT2D eigenvalue weighted by atomic mass is 35.5. The Morgan fingerprint density at radius 1 is 1.13 bits per heavy atom. The maximum absolute atomic E-state index is 13.4. The summed E-state index contributed by atoms with van der Waals surface area (Å²) < 4.78 is 9.88. The molecule has 1 heterocycles. The van der Waals surface area contributed by atoms with Crippen LogP contribution in [-0.2, 0) is 9.47 Å². The standard InChI is InChI=1S/C22H27ClN2O5/c1-13-18(14(2)24-19(13)22(28)30-5)20(26)15(3)25(11-6-12-29-4)21(27)16-7-9-17(23)10-8-16/h7-10,15,24H,6,11-12H2,1-5H3. The molecule has 0 spiro atoms. The van der Waals surface area contributed by atoms with Crippen LogP contribution in [-0.4, -0.2) is 61.0 Å². The van der Waals surface area contributed by atoms with Crippen LogP contribution in [0, 0.1) is 13.8 Å². The van der Waals surface area contributed by atoms with E-state index >= 15 is 0 Å². The number of Topliss-reactive ketones (excluding diaryl/α,β-unsaturated/α-hetero) is 1. The van der Waals surface area contributed by atoms with Gasteiger partial charge in [0.15, 0.2) is 5.78 Å². The third-order valence-electron chi connectivity index (χ3n) is 5.02. The molecule has 162 valence electrons. The summed E-state index contributed by atoms with van der Waals surface area (Å²) in [6, 6.07) is 5.79. The molecule has 1 aromatic heterocycles. The van der Waals surface area contributed by atoms with Gasteiger partial charge in [-0.1, -0.05) is 11.6 Å². The molecule has 0 fully saturated rings. The summed E-state index contributed by atoms with van der Waals surface area (Å²) in [6.07, 6.45) is 0.575. The Labute approximate surface area is 181 Å². The van der Waals surface area contributed by atoms with Gasteiger partial charge in [0.1, 0.15) is 5.69 Å². The molecular weight excluding hydrogens is 408 g/mol. The molecule has 0 aliphatic heterocycles. The van der Waals surface area contributed by atoms with Crippen LogP contribution < -0.4 is 0 Å². The van der Waals surface area contributed by atoms with E-state index in [1.807, 2.05) is 0 Å². The van der Waals surface area contributed by atoms with E-state index < -0.39 is 12.0 Å². The molecule has 2 rings (SSSR count). The number of halogens is 1. The van der Waals surface area contributed by atoms with Crippen LogP contribution in [0.2, 0.25) is 5.02 Å². The van der Waals surface area contributed by atoms with E-state index in [9.17, 15) is 14.4 Å². The minimum Gasteiger partial charge on any atom is -0.464 e. The van der Waals surface area contributed by atoms with Crippen molar-refractivity contribution in [1.29, 1.82) is 0 Å². The number of amides is 1. The smallest absolute Gasteiger partial charge is 0.354 e. The van der Waals surface area contributed by atoms with Crippen LogP contribution in [0.4, 0.5) is 0 Å². The lowest BCUT2D eigenvalue weighted by atomic mass is 9.99. The summed E-state index contributed by atoms with van der Waals surface area (Å²) in [6.45, 7) is 5.89. The van der Waals surface area contributed by atoms with E-state index in [1.165, 1.54) is 12.0 Å². The van der Waals surface area contributed by atoms with E-state index in [0.29, 0.717) is 47.0 Å². The number of nitrogens with one attached hydrogen (secondary N) is 1. The number of esters is 1. The van der Waals surface area contributed by atoms with Crippen molar-refractivity contribution in [3.63, 3.8) is 0 Å². The number of methoxy groups -OCH3 is 2. The average molecular weight is 435 g/mol. The highest BCUT2D eigenvalue weighted by Gasteiger charge is 2.31. The van der Waals surface area contributed by atoms with Crippen molar-refractivity contribution in [3.8, 4) is 0 Å². The fourth-order valence-electron chi connectivity index (χ4n) is 3.38. The van der Waals surface area contributed by atoms with E-state index in [1.54, 1.807) is 52.1 Å². The van der Waals surface area contributed by atoms with Crippen LogP contribution in [0.5, 0.6) is 0 Å². The second-order valence-corrected chi connectivity index (χ2v) is 7.45. The van der Waals surface area contributed by atoms with Crippen molar-refractivity contribution in [2.75, 3.05) is 27.4 Å². The minimum absolute atomic E-state index is 0.237. The van der Waals surface area contributed by atoms with Crippen molar-refractivity contribution in [3.05, 3.63) is 57.4 Å². The summed E-state index contributed by atoms with van der Waals surface area (Å²) >= 11 is 5.93. The zero-order valence-corrected chi connectivity index (χ0v) is 18.6. The van der Waals surface area contributed by atoms with Gasteiger partial charge in [0.2, 0.25) is 0 Å². The molecular formula is C22H27ClN2O5. The topological polar surface area (TPSA) is 88.7 Å². The van der Waals surface area contributed by atoms with Crippen molar-refractivity contribution in [1.82, 2.24) is 9.88 Å². The predicted octanol–water partition coefficient (Wildman–Crippen LogP) is 3.82. The van der Waals surface area contributed by atoms with E-state index in [2.05, 4.69) is 4.98 Å². The number of ether oxygens (including phenoxy) is 2. The average Bonchev–Trinajstić information content (AvgIpc) is 3.03. The summed E-state index contributed by atoms with van der Waals surface area (Å²) in [5.41, 5.74) is 2.13. The Bertz CT molecular complexity index is 920. The Morgan fingerprint density at radius 2 is 1.77 bits per heavy atom. The maximum atomic E-state index is 13.4. The summed E-state index contributed by atoms with van der Waals surface area (Å²) in [7, 11) is 2.87. The van der Waals surface area contributed by atoms with Gasteiger partial charge in [0, 0.05) is 42.1 Å². The highest BCUT2D eigenvalue weighted by molar-refractivity contribution is 6.30. The zero-order valence-electron chi connectivity index (χ0n) is 17.9. The van der Waals surface area contributed by atoms with Gasteiger partial charge in [-0.05, 0) is 57.0 Å². The van der Waals surface area contributed by atoms with Crippen LogP contribution in [0.3, 0.4) is 0 Å². The number of ketones is 1. The van der Waals surface area contributed by atoms with Crippen LogP contribution in [0.1, 0.15) is 55.8 Å². The van der Waals surface area contributed by atoms with Crippen LogP contribution in [0.15, 0.2) is 24.3 Å². The number of aromatic nitrogens is 1. The number of aryl methyl sites for hydroxylation is 1. The van der Waals surface area contributed by atoms with E-state index in [-0.39, 0.29) is 17.4 Å². The number of hydrogen-bond acceptors (Lipinski definition) is 5. The SMILES string of the molecule is COCCCN(C(=O)c1ccc(Cl)cc1)C(C)C(=O)c1c(C)[nH]c(C(=O)OC)c1C. The van der Waals surface area contributed by atoms with Crippen molar-refractivity contribution in [2.45, 2.75) is 33.2 Å². The molecule has 1 atom stereocenters. The fourth-order valence-corrected chi connectivity index (χ4v) is 3.51. The van der Waals surface area contributed by atoms with Gasteiger partial charge in [-0.3, -0.25) is 9.59 Å². The van der Waals surface area contributed by atoms with Gasteiger partial charge in [0.25, 0.3) is 5.91 Å². The Kier molecular flexibility index (Phi) is 8.20. The number of carbonyl (C=O) groups is 3. The molecule has 0 radical (unpaired) electrons. The Hall–Kier alpha value is -2.64. The first-order chi connectivity index (χ1) is 14.2. The minimum atomic E-state index is -0.747. The van der Waals surface area contributed by atoms with Gasteiger partial charge >= 0.3 is 5.97 Å². The summed E-state index contributed by atoms with van der Waals surface area (Å²) in [5.74, 6) is -1.07. The maximum Gasteiger partial charge on any atom is 0.354 e. The number of H-pyrrole nitrogens is 1. The van der Waals surface area contributed by atoms with E-state index in [0.717, 1.165) is 0 Å². The lowest BCUT2D eigenvalue weighted by Crippen LogP contribution is -2.44. The lowest BCUT2D eigenvalue weighted by Gasteiger charge is -2.29. The Morgan fingerprint density at radius 3 is 2.33 bits per heavy atom. The first kappa shape index (κ1) is 23.6. The third kappa shape index (κ3) is 5.09. The van der Waals surface area contributed by atoms with Gasteiger partial charge < -0.3 is 19.4 Å². The molecule has 0 saturated heterocycles. The van der Waals surface area contributed by atoms with Gasteiger partial charge in [-0.2, -0.15) is 0 Å². The normalized spacial score (nSPS) is 11.8. The monoisotopic (exact) mass is 434 g/mol. The molecule has 0 aliphatic rings. The number of nitrogens with zero attached hydrogens (tertiary/aromatic N) is 1. The van der Waals surface area contributed by atoms with Crippen LogP contribution in [0.25, 0.3) is 0 Å². The molecule has 1 aromatic carbocycles. The molecule has 1 unspecified atom stereocenters. The highest BCUT2D eigenvalue weighted by Crippen LogP contribution is 2.23. The van der Waals surface area contributed by atoms with Crippen molar-refractivity contribution in [2.24, 2.45) is 0 Å². The molecule has 8 heteroatoms. The molecule has 7 nitrogen and oxygen atoms in total. The summed E-state index contributed by atoms with van der Waals surface area (Å²) in [5, 5.41) is 0.524. The summed E-state index contributed by atoms with van der Waals surface area (Å²) in [4.78, 5) is 42.9. The molecule has 1 N–H and O–H groups in total. The lowest BCUT2D eigenvalue weighted by molar-refractivity contribution is 0.0591. The first-order valence-electron chi connectivity index (χ1n) is 9.60.